The van der Waals surface area contributed by atoms with Gasteiger partial charge in [-0.1, -0.05) is 36.4 Å². The van der Waals surface area contributed by atoms with E-state index in [1.165, 1.54) is 0 Å². The second kappa shape index (κ2) is 5.41. The molecule has 1 atom stereocenters. The van der Waals surface area contributed by atoms with Crippen LogP contribution in [0.15, 0.2) is 42.5 Å². The minimum atomic E-state index is -1.01. The van der Waals surface area contributed by atoms with Crippen LogP contribution in [0, 0.1) is 0 Å². The van der Waals surface area contributed by atoms with Crippen molar-refractivity contribution < 1.29 is 14.6 Å². The quantitative estimate of drug-likeness (QED) is 0.858. The Kier molecular flexibility index (Phi) is 3.86. The first-order valence-corrected chi connectivity index (χ1v) is 6.39. The molecule has 0 heterocycles. The summed E-state index contributed by atoms with van der Waals surface area (Å²) in [5, 5.41) is 11.8. The van der Waals surface area contributed by atoms with Crippen LogP contribution >= 0.6 is 0 Å². The van der Waals surface area contributed by atoms with Gasteiger partial charge in [-0.15, -0.1) is 0 Å². The number of aliphatic hydroxyl groups excluding tert-OH is 1. The fourth-order valence-electron chi connectivity index (χ4n) is 2.10. The Hall–Kier alpha value is -1.87. The SMILES string of the molecule is CCOC(=O)[C@](C)(CO)c1ccc2ccccc2c1. The summed E-state index contributed by atoms with van der Waals surface area (Å²) < 4.78 is 5.07. The van der Waals surface area contributed by atoms with E-state index in [1.807, 2.05) is 42.5 Å². The van der Waals surface area contributed by atoms with Crippen LogP contribution in [0.1, 0.15) is 19.4 Å². The summed E-state index contributed by atoms with van der Waals surface area (Å²) in [6, 6.07) is 13.7. The highest BCUT2D eigenvalue weighted by molar-refractivity contribution is 5.88. The van der Waals surface area contributed by atoms with Crippen LogP contribution in [-0.4, -0.2) is 24.3 Å². The number of fused-ring (bicyclic) bond motifs is 1. The summed E-state index contributed by atoms with van der Waals surface area (Å²) in [7, 11) is 0. The molecule has 0 spiro atoms. The van der Waals surface area contributed by atoms with Gasteiger partial charge in [0.1, 0.15) is 5.41 Å². The fraction of sp³-hybridized carbons (Fsp3) is 0.312. The lowest BCUT2D eigenvalue weighted by molar-refractivity contribution is -0.151. The van der Waals surface area contributed by atoms with Crippen molar-refractivity contribution in [2.45, 2.75) is 19.3 Å². The third-order valence-electron chi connectivity index (χ3n) is 3.43. The van der Waals surface area contributed by atoms with Gasteiger partial charge in [0.15, 0.2) is 0 Å². The average Bonchev–Trinajstić information content (AvgIpc) is 2.46. The number of carbonyl (C=O) groups excluding carboxylic acids is 1. The van der Waals surface area contributed by atoms with E-state index in [-0.39, 0.29) is 6.61 Å². The van der Waals surface area contributed by atoms with Crippen LogP contribution in [0.2, 0.25) is 0 Å². The average molecular weight is 258 g/mol. The smallest absolute Gasteiger partial charge is 0.318 e. The van der Waals surface area contributed by atoms with E-state index >= 15 is 0 Å². The molecule has 0 amide bonds. The predicted molar refractivity (Wildman–Crippen MR) is 75.0 cm³/mol. The van der Waals surface area contributed by atoms with E-state index in [0.29, 0.717) is 6.61 Å². The van der Waals surface area contributed by atoms with Gasteiger partial charge in [-0.3, -0.25) is 4.79 Å². The molecule has 2 aromatic rings. The lowest BCUT2D eigenvalue weighted by Gasteiger charge is -2.25. The van der Waals surface area contributed by atoms with Crippen LogP contribution < -0.4 is 0 Å². The maximum Gasteiger partial charge on any atom is 0.318 e. The van der Waals surface area contributed by atoms with Crippen molar-refractivity contribution in [2.75, 3.05) is 13.2 Å². The Balaban J connectivity index is 2.48. The molecule has 2 aromatic carbocycles. The first kappa shape index (κ1) is 13.6. The number of benzene rings is 2. The van der Waals surface area contributed by atoms with Crippen LogP contribution in [0.25, 0.3) is 10.8 Å². The molecule has 0 unspecified atom stereocenters. The van der Waals surface area contributed by atoms with Crippen molar-refractivity contribution in [3.8, 4) is 0 Å². The largest absolute Gasteiger partial charge is 0.465 e. The number of hydrogen-bond acceptors (Lipinski definition) is 3. The second-order valence-electron chi connectivity index (χ2n) is 4.77. The molecular formula is C16H18O3. The zero-order chi connectivity index (χ0) is 13.9. The minimum Gasteiger partial charge on any atom is -0.465 e. The maximum absolute atomic E-state index is 12.1. The fourth-order valence-corrected chi connectivity index (χ4v) is 2.10. The Morgan fingerprint density at radius 1 is 1.21 bits per heavy atom. The molecule has 1 N–H and O–H groups in total. The summed E-state index contributed by atoms with van der Waals surface area (Å²) in [5.41, 5.74) is -0.243. The van der Waals surface area contributed by atoms with Gasteiger partial charge in [-0.25, -0.2) is 0 Å². The maximum atomic E-state index is 12.1. The number of aliphatic hydroxyl groups is 1. The lowest BCUT2D eigenvalue weighted by atomic mass is 9.82. The molecule has 0 radical (unpaired) electrons. The number of carbonyl (C=O) groups is 1. The molecule has 100 valence electrons. The molecular weight excluding hydrogens is 240 g/mol. The third-order valence-corrected chi connectivity index (χ3v) is 3.43. The van der Waals surface area contributed by atoms with Crippen molar-refractivity contribution in [3.63, 3.8) is 0 Å². The molecule has 3 heteroatoms. The molecule has 0 fully saturated rings. The van der Waals surface area contributed by atoms with Gasteiger partial charge in [-0.05, 0) is 36.2 Å². The van der Waals surface area contributed by atoms with Crippen molar-refractivity contribution in [2.24, 2.45) is 0 Å². The summed E-state index contributed by atoms with van der Waals surface area (Å²) in [6.07, 6.45) is 0. The van der Waals surface area contributed by atoms with Gasteiger partial charge in [0.2, 0.25) is 0 Å². The van der Waals surface area contributed by atoms with E-state index in [2.05, 4.69) is 0 Å². The van der Waals surface area contributed by atoms with Crippen molar-refractivity contribution in [1.82, 2.24) is 0 Å². The number of hydrogen-bond donors (Lipinski definition) is 1. The van der Waals surface area contributed by atoms with E-state index in [0.717, 1.165) is 16.3 Å². The van der Waals surface area contributed by atoms with Gasteiger partial charge in [0.25, 0.3) is 0 Å². The minimum absolute atomic E-state index is 0.274. The normalized spacial score (nSPS) is 14.1. The summed E-state index contributed by atoms with van der Waals surface area (Å²) in [4.78, 5) is 12.1. The Labute approximate surface area is 112 Å². The monoisotopic (exact) mass is 258 g/mol. The molecule has 0 aliphatic carbocycles. The van der Waals surface area contributed by atoms with Gasteiger partial charge >= 0.3 is 5.97 Å². The molecule has 0 saturated carbocycles. The third kappa shape index (κ3) is 2.47. The number of rotatable bonds is 4. The summed E-state index contributed by atoms with van der Waals surface area (Å²) in [5.74, 6) is -0.396. The second-order valence-corrected chi connectivity index (χ2v) is 4.77. The zero-order valence-electron chi connectivity index (χ0n) is 11.2. The lowest BCUT2D eigenvalue weighted by Crippen LogP contribution is -2.38. The van der Waals surface area contributed by atoms with Crippen LogP contribution in [-0.2, 0) is 14.9 Å². The van der Waals surface area contributed by atoms with E-state index in [1.54, 1.807) is 13.8 Å². The van der Waals surface area contributed by atoms with E-state index < -0.39 is 11.4 Å². The standard InChI is InChI=1S/C16H18O3/c1-3-19-15(18)16(2,11-17)14-9-8-12-6-4-5-7-13(12)10-14/h4-10,17H,3,11H2,1-2H3/t16-/m1/s1. The predicted octanol–water partition coefficient (Wildman–Crippen LogP) is 2.65. The van der Waals surface area contributed by atoms with Crippen molar-refractivity contribution >= 4 is 16.7 Å². The molecule has 0 bridgehead atoms. The molecule has 2 rings (SSSR count). The first-order chi connectivity index (χ1) is 9.11. The van der Waals surface area contributed by atoms with Gasteiger partial charge < -0.3 is 9.84 Å². The highest BCUT2D eigenvalue weighted by Gasteiger charge is 2.36. The molecule has 3 nitrogen and oxygen atoms in total. The molecule has 0 aliphatic heterocycles. The Morgan fingerprint density at radius 3 is 2.53 bits per heavy atom. The Morgan fingerprint density at radius 2 is 1.89 bits per heavy atom. The Bertz CT molecular complexity index is 591. The van der Waals surface area contributed by atoms with E-state index in [4.69, 9.17) is 4.74 Å². The van der Waals surface area contributed by atoms with Crippen LogP contribution in [0.4, 0.5) is 0 Å². The highest BCUT2D eigenvalue weighted by Crippen LogP contribution is 2.28. The van der Waals surface area contributed by atoms with Crippen molar-refractivity contribution in [1.29, 1.82) is 0 Å². The number of ether oxygens (including phenoxy) is 1. The molecule has 0 aliphatic rings. The molecule has 0 aromatic heterocycles. The topological polar surface area (TPSA) is 46.5 Å². The van der Waals surface area contributed by atoms with Gasteiger partial charge in [0, 0.05) is 0 Å². The number of esters is 1. The molecule has 0 saturated heterocycles. The summed E-state index contributed by atoms with van der Waals surface area (Å²) >= 11 is 0. The van der Waals surface area contributed by atoms with E-state index in [9.17, 15) is 9.90 Å². The summed E-state index contributed by atoms with van der Waals surface area (Å²) in [6.45, 7) is 3.50. The van der Waals surface area contributed by atoms with Gasteiger partial charge in [0.05, 0.1) is 13.2 Å². The zero-order valence-corrected chi connectivity index (χ0v) is 11.2. The van der Waals surface area contributed by atoms with Gasteiger partial charge in [-0.2, -0.15) is 0 Å². The van der Waals surface area contributed by atoms with Crippen LogP contribution in [0.3, 0.4) is 0 Å². The highest BCUT2D eigenvalue weighted by atomic mass is 16.5. The molecule has 19 heavy (non-hydrogen) atoms. The van der Waals surface area contributed by atoms with Crippen molar-refractivity contribution in [3.05, 3.63) is 48.0 Å². The van der Waals surface area contributed by atoms with Crippen LogP contribution in [0.5, 0.6) is 0 Å². The first-order valence-electron chi connectivity index (χ1n) is 6.39.